The Hall–Kier alpha value is -1.51. The Morgan fingerprint density at radius 3 is 2.56 bits per heavy atom. The zero-order chi connectivity index (χ0) is 11.8. The Balaban J connectivity index is 2.29. The molecule has 0 atom stereocenters. The summed E-state index contributed by atoms with van der Waals surface area (Å²) in [6, 6.07) is 7.85. The maximum absolute atomic E-state index is 10.7. The molecule has 0 aliphatic heterocycles. The smallest absolute Gasteiger partial charge is 0.129 e. The molecular weight excluding hydrogens is 202 g/mol. The van der Waals surface area contributed by atoms with Gasteiger partial charge in [-0.1, -0.05) is 0 Å². The second-order valence-electron chi connectivity index (χ2n) is 3.69. The number of benzene rings is 1. The molecule has 3 nitrogen and oxygen atoms in total. The molecule has 1 N–H and O–H groups in total. The van der Waals surface area contributed by atoms with E-state index in [9.17, 15) is 4.79 Å². The van der Waals surface area contributed by atoms with Crippen molar-refractivity contribution in [3.8, 4) is 5.75 Å². The quantitative estimate of drug-likeness (QED) is 0.719. The second-order valence-corrected chi connectivity index (χ2v) is 3.69. The van der Waals surface area contributed by atoms with Crippen LogP contribution in [0.3, 0.4) is 0 Å². The van der Waals surface area contributed by atoms with Crippen molar-refractivity contribution in [1.29, 1.82) is 0 Å². The van der Waals surface area contributed by atoms with Crippen LogP contribution in [0, 0.1) is 0 Å². The number of ether oxygens (including phenoxy) is 1. The van der Waals surface area contributed by atoms with Crippen molar-refractivity contribution in [2.24, 2.45) is 0 Å². The lowest BCUT2D eigenvalue weighted by Crippen LogP contribution is -2.03. The first-order valence-electron chi connectivity index (χ1n) is 5.68. The first kappa shape index (κ1) is 12.6. The van der Waals surface area contributed by atoms with Crippen LogP contribution in [-0.2, 0) is 4.79 Å². The summed E-state index contributed by atoms with van der Waals surface area (Å²) in [6.07, 6.45) is 1.52. The topological polar surface area (TPSA) is 38.3 Å². The van der Waals surface area contributed by atoms with Gasteiger partial charge in [-0.3, -0.25) is 0 Å². The summed E-state index contributed by atoms with van der Waals surface area (Å²) >= 11 is 0. The van der Waals surface area contributed by atoms with Crippen LogP contribution in [0.5, 0.6) is 5.75 Å². The maximum atomic E-state index is 10.7. The summed E-state index contributed by atoms with van der Waals surface area (Å²) in [5, 5.41) is 3.26. The van der Waals surface area contributed by atoms with Crippen LogP contribution in [0.25, 0.3) is 0 Å². The van der Waals surface area contributed by atoms with Crippen LogP contribution >= 0.6 is 0 Å². The third-order valence-electron chi connectivity index (χ3n) is 2.20. The van der Waals surface area contributed by atoms with E-state index in [4.69, 9.17) is 4.74 Å². The summed E-state index contributed by atoms with van der Waals surface area (Å²) in [7, 11) is 0. The molecule has 0 saturated heterocycles. The molecule has 0 aromatic heterocycles. The molecule has 0 aliphatic rings. The molecule has 0 spiro atoms. The highest BCUT2D eigenvalue weighted by molar-refractivity contribution is 5.75. The van der Waals surface area contributed by atoms with E-state index in [0.29, 0.717) is 13.0 Å². The van der Waals surface area contributed by atoms with Crippen LogP contribution in [0.1, 0.15) is 26.7 Å². The van der Waals surface area contributed by atoms with Crippen LogP contribution in [0.15, 0.2) is 24.3 Å². The van der Waals surface area contributed by atoms with Gasteiger partial charge in [0.05, 0.1) is 6.61 Å². The lowest BCUT2D eigenvalue weighted by Gasteiger charge is -2.07. The molecule has 0 amide bonds. The first-order chi connectivity index (χ1) is 7.72. The molecule has 1 rings (SSSR count). The fraction of sp³-hybridized carbons (Fsp3) is 0.462. The van der Waals surface area contributed by atoms with Crippen LogP contribution in [0.2, 0.25) is 0 Å². The zero-order valence-corrected chi connectivity index (χ0v) is 9.95. The van der Waals surface area contributed by atoms with E-state index in [1.54, 1.807) is 6.92 Å². The molecular formula is C13H19NO2. The molecule has 0 saturated carbocycles. The number of carbonyl (C=O) groups is 1. The standard InChI is InChI=1S/C13H19NO2/c1-3-16-13-8-6-12(7-9-13)14-10-4-5-11(2)15/h6-9,14H,3-5,10H2,1-2H3. The van der Waals surface area contributed by atoms with E-state index in [0.717, 1.165) is 24.4 Å². The van der Waals surface area contributed by atoms with Crippen LogP contribution in [0.4, 0.5) is 5.69 Å². The number of hydrogen-bond acceptors (Lipinski definition) is 3. The van der Waals surface area contributed by atoms with Gasteiger partial charge in [-0.2, -0.15) is 0 Å². The van der Waals surface area contributed by atoms with E-state index in [1.807, 2.05) is 31.2 Å². The summed E-state index contributed by atoms with van der Waals surface area (Å²) < 4.78 is 5.35. The number of carbonyl (C=O) groups excluding carboxylic acids is 1. The average Bonchev–Trinajstić information content (AvgIpc) is 2.27. The predicted molar refractivity (Wildman–Crippen MR) is 66.0 cm³/mol. The fourth-order valence-corrected chi connectivity index (χ4v) is 1.41. The third kappa shape index (κ3) is 4.82. The Bertz CT molecular complexity index is 319. The average molecular weight is 221 g/mol. The third-order valence-corrected chi connectivity index (χ3v) is 2.20. The molecule has 0 fully saturated rings. The molecule has 3 heteroatoms. The Morgan fingerprint density at radius 1 is 1.31 bits per heavy atom. The van der Waals surface area contributed by atoms with Crippen LogP contribution in [-0.4, -0.2) is 18.9 Å². The normalized spacial score (nSPS) is 9.88. The maximum Gasteiger partial charge on any atom is 0.129 e. The van der Waals surface area contributed by atoms with Gasteiger partial charge in [0.25, 0.3) is 0 Å². The van der Waals surface area contributed by atoms with Gasteiger partial charge in [0, 0.05) is 18.7 Å². The lowest BCUT2D eigenvalue weighted by molar-refractivity contribution is -0.117. The Morgan fingerprint density at radius 2 is 2.00 bits per heavy atom. The number of Topliss-reactive ketones (excluding diaryl/α,β-unsaturated/α-hetero) is 1. The van der Waals surface area contributed by atoms with E-state index in [2.05, 4.69) is 5.32 Å². The summed E-state index contributed by atoms with van der Waals surface area (Å²) in [4.78, 5) is 10.7. The number of rotatable bonds is 7. The second kappa shape index (κ2) is 6.88. The molecule has 88 valence electrons. The summed E-state index contributed by atoms with van der Waals surface area (Å²) in [6.45, 7) is 5.10. The zero-order valence-electron chi connectivity index (χ0n) is 9.95. The highest BCUT2D eigenvalue weighted by Crippen LogP contribution is 2.15. The van der Waals surface area contributed by atoms with Crippen molar-refractivity contribution < 1.29 is 9.53 Å². The minimum Gasteiger partial charge on any atom is -0.494 e. The van der Waals surface area contributed by atoms with Gasteiger partial charge in [-0.25, -0.2) is 0 Å². The number of anilines is 1. The number of hydrogen-bond donors (Lipinski definition) is 1. The minimum atomic E-state index is 0.244. The Labute approximate surface area is 96.8 Å². The van der Waals surface area contributed by atoms with Crippen molar-refractivity contribution in [2.75, 3.05) is 18.5 Å². The van der Waals surface area contributed by atoms with Crippen molar-refractivity contribution in [3.63, 3.8) is 0 Å². The molecule has 0 radical (unpaired) electrons. The number of nitrogens with one attached hydrogen (secondary N) is 1. The first-order valence-corrected chi connectivity index (χ1v) is 5.68. The molecule has 1 aromatic rings. The highest BCUT2D eigenvalue weighted by Gasteiger charge is 1.95. The highest BCUT2D eigenvalue weighted by atomic mass is 16.5. The van der Waals surface area contributed by atoms with E-state index >= 15 is 0 Å². The summed E-state index contributed by atoms with van der Waals surface area (Å²) in [5.74, 6) is 1.13. The van der Waals surface area contributed by atoms with E-state index in [-0.39, 0.29) is 5.78 Å². The summed E-state index contributed by atoms with van der Waals surface area (Å²) in [5.41, 5.74) is 1.06. The van der Waals surface area contributed by atoms with E-state index < -0.39 is 0 Å². The van der Waals surface area contributed by atoms with E-state index in [1.165, 1.54) is 0 Å². The van der Waals surface area contributed by atoms with Crippen molar-refractivity contribution in [3.05, 3.63) is 24.3 Å². The molecule has 1 aromatic carbocycles. The molecule has 16 heavy (non-hydrogen) atoms. The molecule has 0 aliphatic carbocycles. The molecule has 0 bridgehead atoms. The molecule has 0 heterocycles. The Kier molecular flexibility index (Phi) is 5.40. The fourth-order valence-electron chi connectivity index (χ4n) is 1.41. The van der Waals surface area contributed by atoms with Crippen molar-refractivity contribution in [1.82, 2.24) is 0 Å². The predicted octanol–water partition coefficient (Wildman–Crippen LogP) is 2.87. The van der Waals surface area contributed by atoms with Gasteiger partial charge < -0.3 is 14.8 Å². The minimum absolute atomic E-state index is 0.244. The van der Waals surface area contributed by atoms with Crippen molar-refractivity contribution in [2.45, 2.75) is 26.7 Å². The van der Waals surface area contributed by atoms with Gasteiger partial charge in [-0.15, -0.1) is 0 Å². The van der Waals surface area contributed by atoms with Gasteiger partial charge in [-0.05, 0) is 44.5 Å². The van der Waals surface area contributed by atoms with Gasteiger partial charge in [0.2, 0.25) is 0 Å². The van der Waals surface area contributed by atoms with Crippen molar-refractivity contribution >= 4 is 11.5 Å². The molecule has 0 unspecified atom stereocenters. The SMILES string of the molecule is CCOc1ccc(NCCCC(C)=O)cc1. The largest absolute Gasteiger partial charge is 0.494 e. The van der Waals surface area contributed by atoms with Gasteiger partial charge in [0.15, 0.2) is 0 Å². The van der Waals surface area contributed by atoms with Gasteiger partial charge >= 0.3 is 0 Å². The van der Waals surface area contributed by atoms with Crippen LogP contribution < -0.4 is 10.1 Å². The monoisotopic (exact) mass is 221 g/mol. The number of ketones is 1. The lowest BCUT2D eigenvalue weighted by atomic mass is 10.2. The van der Waals surface area contributed by atoms with Gasteiger partial charge in [0.1, 0.15) is 11.5 Å².